The molecule has 0 aliphatic carbocycles. The van der Waals surface area contributed by atoms with E-state index >= 15 is 0 Å². The van der Waals surface area contributed by atoms with Crippen LogP contribution in [0.4, 0.5) is 0 Å². The van der Waals surface area contributed by atoms with Gasteiger partial charge in [0.25, 0.3) is 0 Å². The van der Waals surface area contributed by atoms with Gasteiger partial charge >= 0.3 is 0 Å². The van der Waals surface area contributed by atoms with Crippen molar-refractivity contribution >= 4 is 12.6 Å². The first kappa shape index (κ1) is 4.91. The van der Waals surface area contributed by atoms with Crippen molar-refractivity contribution < 1.29 is 0 Å². The van der Waals surface area contributed by atoms with Crippen LogP contribution in [0.2, 0.25) is 0 Å². The number of hydrogen-bond donors (Lipinski definition) is 0. The lowest BCUT2D eigenvalue weighted by Crippen LogP contribution is -1.53. The Balaban J connectivity index is 2.81. The Morgan fingerprint density at radius 2 is 2.40 bits per heavy atom. The first-order valence-corrected chi connectivity index (χ1v) is 1.82. The number of rotatable bonds is 0. The van der Waals surface area contributed by atoms with Crippen molar-refractivity contribution in [3.8, 4) is 11.8 Å². The van der Waals surface area contributed by atoms with E-state index in [0.29, 0.717) is 5.75 Å². The maximum atomic E-state index is 4.44. The SMILES string of the molecule is [CH2]C#CC[S]. The number of hydrogen-bond acceptors (Lipinski definition) is 0. The topological polar surface area (TPSA) is 0 Å². The van der Waals surface area contributed by atoms with E-state index in [1.807, 2.05) is 0 Å². The Kier molecular flexibility index (Phi) is 3.84. The average Bonchev–Trinajstić information content (AvgIpc) is 1.41. The van der Waals surface area contributed by atoms with Crippen LogP contribution >= 0.6 is 12.6 Å². The van der Waals surface area contributed by atoms with Crippen LogP contribution in [0.1, 0.15) is 0 Å². The highest BCUT2D eigenvalue weighted by atomic mass is 32.1. The van der Waals surface area contributed by atoms with Crippen LogP contribution in [-0.2, 0) is 0 Å². The summed E-state index contributed by atoms with van der Waals surface area (Å²) < 4.78 is 0. The summed E-state index contributed by atoms with van der Waals surface area (Å²) in [6.07, 6.45) is 0. The Morgan fingerprint density at radius 1 is 1.80 bits per heavy atom. The quantitative estimate of drug-likeness (QED) is 0.384. The average molecular weight is 84.1 g/mol. The highest BCUT2D eigenvalue weighted by Crippen LogP contribution is 1.62. The molecule has 2 radical (unpaired) electrons. The van der Waals surface area contributed by atoms with Crippen LogP contribution in [0.5, 0.6) is 0 Å². The van der Waals surface area contributed by atoms with Gasteiger partial charge in [-0.05, 0) is 0 Å². The molecule has 0 heterocycles. The van der Waals surface area contributed by atoms with Gasteiger partial charge in [-0.3, -0.25) is 0 Å². The molecule has 0 nitrogen and oxygen atoms in total. The van der Waals surface area contributed by atoms with Crippen LogP contribution < -0.4 is 0 Å². The molecule has 0 aromatic carbocycles. The van der Waals surface area contributed by atoms with Crippen molar-refractivity contribution in [2.45, 2.75) is 0 Å². The van der Waals surface area contributed by atoms with Crippen molar-refractivity contribution in [1.29, 1.82) is 0 Å². The molecule has 0 spiro atoms. The molecule has 0 rings (SSSR count). The van der Waals surface area contributed by atoms with Gasteiger partial charge in [0, 0.05) is 6.92 Å². The highest BCUT2D eigenvalue weighted by molar-refractivity contribution is 7.80. The molecule has 5 heavy (non-hydrogen) atoms. The molecule has 1 heteroatoms. The van der Waals surface area contributed by atoms with E-state index in [1.54, 1.807) is 0 Å². The Bertz CT molecular complexity index is 55.8. The van der Waals surface area contributed by atoms with E-state index in [4.69, 9.17) is 0 Å². The maximum Gasteiger partial charge on any atom is 0.0651 e. The molecule has 0 aromatic rings. The fraction of sp³-hybridized carbons (Fsp3) is 0.250. The lowest BCUT2D eigenvalue weighted by atomic mass is 10.7. The van der Waals surface area contributed by atoms with Gasteiger partial charge in [0.2, 0.25) is 0 Å². The van der Waals surface area contributed by atoms with Gasteiger partial charge in [0.15, 0.2) is 0 Å². The van der Waals surface area contributed by atoms with Crippen LogP contribution in [0.25, 0.3) is 0 Å². The van der Waals surface area contributed by atoms with E-state index in [0.717, 1.165) is 0 Å². The van der Waals surface area contributed by atoms with Crippen molar-refractivity contribution in [3.05, 3.63) is 6.92 Å². The lowest BCUT2D eigenvalue weighted by molar-refractivity contribution is 1.96. The fourth-order valence-electron chi connectivity index (χ4n) is 0.0510. The maximum absolute atomic E-state index is 4.44. The summed E-state index contributed by atoms with van der Waals surface area (Å²) in [5, 5.41) is 0. The summed E-state index contributed by atoms with van der Waals surface area (Å²) in [5.41, 5.74) is 0. The second kappa shape index (κ2) is 3.91. The minimum absolute atomic E-state index is 0.503. The van der Waals surface area contributed by atoms with Gasteiger partial charge in [0.05, 0.1) is 5.75 Å². The lowest BCUT2D eigenvalue weighted by Gasteiger charge is -1.56. The van der Waals surface area contributed by atoms with Gasteiger partial charge < -0.3 is 0 Å². The minimum atomic E-state index is 0.503. The van der Waals surface area contributed by atoms with Crippen LogP contribution in [-0.4, -0.2) is 5.75 Å². The summed E-state index contributed by atoms with van der Waals surface area (Å²) >= 11 is 4.44. The van der Waals surface area contributed by atoms with Gasteiger partial charge in [-0.2, -0.15) is 0 Å². The Hall–Kier alpha value is -0.0900. The second-order valence-corrected chi connectivity index (χ2v) is 0.787. The molecule has 0 aliphatic rings. The van der Waals surface area contributed by atoms with Crippen molar-refractivity contribution in [1.82, 2.24) is 0 Å². The third kappa shape index (κ3) is 3.91. The fourth-order valence-corrected chi connectivity index (χ4v) is 0.153. The predicted molar refractivity (Wildman–Crippen MR) is 25.6 cm³/mol. The molecule has 26 valence electrons. The largest absolute Gasteiger partial charge is 0.101 e. The molecular formula is C4H4S. The molecule has 0 unspecified atom stereocenters. The van der Waals surface area contributed by atoms with E-state index in [-0.39, 0.29) is 0 Å². The van der Waals surface area contributed by atoms with E-state index in [1.165, 1.54) is 0 Å². The zero-order chi connectivity index (χ0) is 4.12. The monoisotopic (exact) mass is 84.0 g/mol. The molecule has 0 amide bonds. The smallest absolute Gasteiger partial charge is 0.0651 e. The van der Waals surface area contributed by atoms with Gasteiger partial charge in [-0.15, -0.1) is 5.92 Å². The molecule has 0 N–H and O–H groups in total. The van der Waals surface area contributed by atoms with Crippen LogP contribution in [0.15, 0.2) is 0 Å². The van der Waals surface area contributed by atoms with Gasteiger partial charge in [-0.25, -0.2) is 0 Å². The molecule has 0 aliphatic heterocycles. The summed E-state index contributed by atoms with van der Waals surface area (Å²) in [5.74, 6) is 5.48. The van der Waals surface area contributed by atoms with E-state index in [2.05, 4.69) is 31.4 Å². The summed E-state index contributed by atoms with van der Waals surface area (Å²) in [6, 6.07) is 0. The van der Waals surface area contributed by atoms with Gasteiger partial charge in [-0.1, -0.05) is 18.5 Å². The zero-order valence-corrected chi connectivity index (χ0v) is 3.64. The predicted octanol–water partition coefficient (Wildman–Crippen LogP) is 1.02. The summed E-state index contributed by atoms with van der Waals surface area (Å²) in [4.78, 5) is 0. The Labute approximate surface area is 38.0 Å². The third-order valence-corrected chi connectivity index (χ3v) is 0.342. The van der Waals surface area contributed by atoms with E-state index < -0.39 is 0 Å². The van der Waals surface area contributed by atoms with Gasteiger partial charge in [0.1, 0.15) is 0 Å². The molecule has 0 fully saturated rings. The first-order valence-electron chi connectivity index (χ1n) is 1.25. The normalized spacial score (nSPS) is 5.20. The molecule has 0 atom stereocenters. The zero-order valence-electron chi connectivity index (χ0n) is 2.82. The Morgan fingerprint density at radius 3 is 2.40 bits per heavy atom. The van der Waals surface area contributed by atoms with Crippen LogP contribution in [0, 0.1) is 18.8 Å². The third-order valence-electron chi connectivity index (χ3n) is 0.197. The highest BCUT2D eigenvalue weighted by Gasteiger charge is 1.51. The molecule has 0 saturated carbocycles. The van der Waals surface area contributed by atoms with E-state index in [9.17, 15) is 0 Å². The van der Waals surface area contributed by atoms with Crippen LogP contribution in [0.3, 0.4) is 0 Å². The molecular weight excluding hydrogens is 80.1 g/mol. The van der Waals surface area contributed by atoms with Crippen molar-refractivity contribution in [2.75, 3.05) is 5.75 Å². The first-order chi connectivity index (χ1) is 2.41. The molecule has 0 bridgehead atoms. The second-order valence-electron chi connectivity index (χ2n) is 0.498. The summed E-state index contributed by atoms with van der Waals surface area (Å²) in [6.45, 7) is 3.25. The minimum Gasteiger partial charge on any atom is -0.101 e. The summed E-state index contributed by atoms with van der Waals surface area (Å²) in [7, 11) is 0. The van der Waals surface area contributed by atoms with Crippen molar-refractivity contribution in [2.24, 2.45) is 0 Å². The molecule has 0 saturated heterocycles. The molecule has 0 aromatic heterocycles. The standard InChI is InChI=1S/C4H4S/c1-2-3-4-5/h1,4H2. The van der Waals surface area contributed by atoms with Crippen molar-refractivity contribution in [3.63, 3.8) is 0 Å².